The Labute approximate surface area is 167 Å². The molecule has 4 aromatic rings. The smallest absolute Gasteiger partial charge is 0.209 e. The Hall–Kier alpha value is -3.02. The van der Waals surface area contributed by atoms with Crippen molar-refractivity contribution in [3.63, 3.8) is 0 Å². The molecule has 0 aliphatic carbocycles. The minimum atomic E-state index is 0.460. The Bertz CT molecular complexity index is 1120. The lowest BCUT2D eigenvalue weighted by molar-refractivity contribution is 0.573. The summed E-state index contributed by atoms with van der Waals surface area (Å²) in [5.41, 5.74) is 3.19. The maximum Gasteiger partial charge on any atom is 0.209 e. The van der Waals surface area contributed by atoms with Gasteiger partial charge in [0.2, 0.25) is 5.82 Å². The van der Waals surface area contributed by atoms with Gasteiger partial charge in [0.05, 0.1) is 35.6 Å². The Balaban J connectivity index is 1.58. The topological polar surface area (TPSA) is 85.2 Å². The molecule has 0 unspecified atom stereocenters. The van der Waals surface area contributed by atoms with Crippen LogP contribution in [0.25, 0.3) is 17.1 Å². The second-order valence-electron chi connectivity index (χ2n) is 5.69. The highest BCUT2D eigenvalue weighted by atomic mass is 79.9. The van der Waals surface area contributed by atoms with Crippen molar-refractivity contribution in [2.24, 2.45) is 0 Å². The Morgan fingerprint density at radius 1 is 1.07 bits per heavy atom. The maximum atomic E-state index is 8.86. The molecule has 2 aromatic carbocycles. The monoisotopic (exact) mass is 439 g/mol. The highest BCUT2D eigenvalue weighted by molar-refractivity contribution is 9.10. The minimum Gasteiger partial charge on any atom is -0.226 e. The first kappa shape index (κ1) is 17.4. The van der Waals surface area contributed by atoms with Crippen molar-refractivity contribution in [1.82, 2.24) is 30.0 Å². The SMILES string of the molecule is N#Cc1ccc(Cn2nnc(-c3cnn(-c4ccc(Cl)cc4)c3Br)n2)cc1. The van der Waals surface area contributed by atoms with Gasteiger partial charge < -0.3 is 0 Å². The number of hydrogen-bond acceptors (Lipinski definition) is 5. The molecule has 0 saturated heterocycles. The molecule has 2 aromatic heterocycles. The lowest BCUT2D eigenvalue weighted by atomic mass is 10.1. The molecule has 2 heterocycles. The molecule has 0 spiro atoms. The summed E-state index contributed by atoms with van der Waals surface area (Å²) in [5.74, 6) is 0.468. The molecule has 9 heteroatoms. The predicted octanol–water partition coefficient (Wildman–Crippen LogP) is 3.86. The van der Waals surface area contributed by atoms with Crippen LogP contribution in [0, 0.1) is 11.3 Å². The first-order valence-corrected chi connectivity index (χ1v) is 9.08. The molecule has 0 fully saturated rings. The Morgan fingerprint density at radius 3 is 2.52 bits per heavy atom. The van der Waals surface area contributed by atoms with E-state index in [-0.39, 0.29) is 0 Å². The largest absolute Gasteiger partial charge is 0.226 e. The third kappa shape index (κ3) is 3.60. The highest BCUT2D eigenvalue weighted by Gasteiger charge is 2.16. The lowest BCUT2D eigenvalue weighted by Crippen LogP contribution is -2.04. The number of halogens is 2. The molecule has 0 aliphatic rings. The van der Waals surface area contributed by atoms with Crippen molar-refractivity contribution in [2.75, 3.05) is 0 Å². The van der Waals surface area contributed by atoms with Gasteiger partial charge in [0.15, 0.2) is 0 Å². The van der Waals surface area contributed by atoms with Gasteiger partial charge in [-0.05, 0) is 63.1 Å². The van der Waals surface area contributed by atoms with Crippen molar-refractivity contribution >= 4 is 27.5 Å². The average Bonchev–Trinajstić information content (AvgIpc) is 3.29. The van der Waals surface area contributed by atoms with E-state index < -0.39 is 0 Å². The van der Waals surface area contributed by atoms with Crippen LogP contribution < -0.4 is 0 Å². The van der Waals surface area contributed by atoms with Gasteiger partial charge in [0.1, 0.15) is 4.60 Å². The van der Waals surface area contributed by atoms with Gasteiger partial charge in [-0.2, -0.15) is 15.2 Å². The van der Waals surface area contributed by atoms with Crippen LogP contribution in [0.15, 0.2) is 59.3 Å². The first-order valence-electron chi connectivity index (χ1n) is 7.91. The van der Waals surface area contributed by atoms with Gasteiger partial charge in [-0.3, -0.25) is 0 Å². The molecule has 4 rings (SSSR count). The summed E-state index contributed by atoms with van der Waals surface area (Å²) >= 11 is 9.49. The summed E-state index contributed by atoms with van der Waals surface area (Å²) in [6.45, 7) is 0.460. The van der Waals surface area contributed by atoms with E-state index in [0.29, 0.717) is 23.0 Å². The van der Waals surface area contributed by atoms with E-state index in [0.717, 1.165) is 21.4 Å². The van der Waals surface area contributed by atoms with Crippen LogP contribution in [-0.2, 0) is 6.54 Å². The number of rotatable bonds is 4. The van der Waals surface area contributed by atoms with Crippen LogP contribution in [0.1, 0.15) is 11.1 Å². The minimum absolute atomic E-state index is 0.460. The summed E-state index contributed by atoms with van der Waals surface area (Å²) in [6.07, 6.45) is 1.68. The summed E-state index contributed by atoms with van der Waals surface area (Å²) in [5, 5.41) is 26.6. The van der Waals surface area contributed by atoms with Crippen molar-refractivity contribution < 1.29 is 0 Å². The van der Waals surface area contributed by atoms with E-state index in [1.54, 1.807) is 35.1 Å². The van der Waals surface area contributed by atoms with Crippen molar-refractivity contribution in [3.05, 3.63) is 75.5 Å². The van der Waals surface area contributed by atoms with Crippen LogP contribution in [-0.4, -0.2) is 30.0 Å². The van der Waals surface area contributed by atoms with Gasteiger partial charge in [-0.15, -0.1) is 10.2 Å². The number of nitrogens with zero attached hydrogens (tertiary/aromatic N) is 7. The van der Waals surface area contributed by atoms with Crippen molar-refractivity contribution in [2.45, 2.75) is 6.54 Å². The Morgan fingerprint density at radius 2 is 1.81 bits per heavy atom. The quantitative estimate of drug-likeness (QED) is 0.481. The summed E-state index contributed by atoms with van der Waals surface area (Å²) in [4.78, 5) is 1.50. The van der Waals surface area contributed by atoms with Crippen LogP contribution in [0.4, 0.5) is 0 Å². The zero-order valence-electron chi connectivity index (χ0n) is 13.8. The molecule has 0 aliphatic heterocycles. The molecule has 7 nitrogen and oxygen atoms in total. The fraction of sp³-hybridized carbons (Fsp3) is 0.0556. The van der Waals surface area contributed by atoms with Gasteiger partial charge in [0.25, 0.3) is 0 Å². The average molecular weight is 441 g/mol. The second kappa shape index (κ2) is 7.31. The van der Waals surface area contributed by atoms with Gasteiger partial charge in [-0.25, -0.2) is 4.68 Å². The third-order valence-corrected chi connectivity index (χ3v) is 4.90. The van der Waals surface area contributed by atoms with Crippen LogP contribution in [0.3, 0.4) is 0 Å². The fourth-order valence-electron chi connectivity index (χ4n) is 2.51. The Kier molecular flexibility index (Phi) is 4.71. The molecule has 0 saturated carbocycles. The van der Waals surface area contributed by atoms with Gasteiger partial charge in [0, 0.05) is 5.02 Å². The van der Waals surface area contributed by atoms with Gasteiger partial charge >= 0.3 is 0 Å². The third-order valence-electron chi connectivity index (χ3n) is 3.88. The second-order valence-corrected chi connectivity index (χ2v) is 6.88. The number of hydrogen-bond donors (Lipinski definition) is 0. The number of nitriles is 1. The lowest BCUT2D eigenvalue weighted by Gasteiger charge is -2.03. The van der Waals surface area contributed by atoms with E-state index in [1.807, 2.05) is 24.3 Å². The zero-order valence-corrected chi connectivity index (χ0v) is 16.1. The first-order chi connectivity index (χ1) is 13.1. The number of tetrazole rings is 1. The predicted molar refractivity (Wildman–Crippen MR) is 103 cm³/mol. The molecule has 27 heavy (non-hydrogen) atoms. The molecule has 0 radical (unpaired) electrons. The van der Waals surface area contributed by atoms with E-state index in [1.165, 1.54) is 4.80 Å². The van der Waals surface area contributed by atoms with Crippen molar-refractivity contribution in [3.8, 4) is 23.1 Å². The standard InChI is InChI=1S/C18H11BrClN7/c19-17-16(10-22-27(17)15-7-5-14(20)6-8-15)18-23-25-26(24-18)11-13-3-1-12(9-21)2-4-13/h1-8,10H,11H2. The number of benzene rings is 2. The van der Waals surface area contributed by atoms with E-state index >= 15 is 0 Å². The molecule has 0 amide bonds. The highest BCUT2D eigenvalue weighted by Crippen LogP contribution is 2.27. The molecular weight excluding hydrogens is 430 g/mol. The molecule has 0 atom stereocenters. The normalized spacial score (nSPS) is 10.7. The van der Waals surface area contributed by atoms with Crippen LogP contribution in [0.2, 0.25) is 5.02 Å². The summed E-state index contributed by atoms with van der Waals surface area (Å²) in [7, 11) is 0. The van der Waals surface area contributed by atoms with Crippen LogP contribution in [0.5, 0.6) is 0 Å². The van der Waals surface area contributed by atoms with Crippen molar-refractivity contribution in [1.29, 1.82) is 5.26 Å². The maximum absolute atomic E-state index is 8.86. The van der Waals surface area contributed by atoms with Crippen LogP contribution >= 0.6 is 27.5 Å². The summed E-state index contributed by atoms with van der Waals surface area (Å²) in [6, 6.07) is 16.7. The molecular formula is C18H11BrClN7. The number of aromatic nitrogens is 6. The van der Waals surface area contributed by atoms with Gasteiger partial charge in [-0.1, -0.05) is 23.7 Å². The molecule has 132 valence electrons. The molecule has 0 bridgehead atoms. The van der Waals surface area contributed by atoms with E-state index in [2.05, 4.69) is 42.5 Å². The fourth-order valence-corrected chi connectivity index (χ4v) is 3.21. The van der Waals surface area contributed by atoms with E-state index in [9.17, 15) is 0 Å². The molecule has 0 N–H and O–H groups in total. The summed E-state index contributed by atoms with van der Waals surface area (Å²) < 4.78 is 2.45. The zero-order chi connectivity index (χ0) is 18.8. The van der Waals surface area contributed by atoms with E-state index in [4.69, 9.17) is 16.9 Å².